The van der Waals surface area contributed by atoms with Crippen LogP contribution in [0, 0.1) is 5.92 Å². The number of piperidine rings is 1. The highest BCUT2D eigenvalue weighted by atomic mass is 19.4. The summed E-state index contributed by atoms with van der Waals surface area (Å²) in [5, 5.41) is 12.2. The molecular weight excluding hydrogens is 447 g/mol. The summed E-state index contributed by atoms with van der Waals surface area (Å²) in [6, 6.07) is 11.7. The van der Waals surface area contributed by atoms with Gasteiger partial charge in [-0.15, -0.1) is 0 Å². The van der Waals surface area contributed by atoms with Crippen LogP contribution in [0.3, 0.4) is 0 Å². The number of phenols is 1. The standard InChI is InChI=1S/C25H28F3N3O3/c26-25(27,28)20-3-1-2-18(14-20)17-9-12-31(13-10-17)23(33)16-30-11-8-19(15-30)24(34)29-21-4-6-22(32)7-5-21/h1-7,14,17,19,32H,8-13,15-16H2,(H,29,34). The number of alkyl halides is 3. The molecule has 0 saturated carbocycles. The van der Waals surface area contributed by atoms with Crippen LogP contribution in [0.1, 0.15) is 36.3 Å². The Bertz CT molecular complexity index is 1020. The molecule has 6 nitrogen and oxygen atoms in total. The van der Waals surface area contributed by atoms with Crippen LogP contribution < -0.4 is 5.32 Å². The van der Waals surface area contributed by atoms with Gasteiger partial charge in [0.2, 0.25) is 11.8 Å². The van der Waals surface area contributed by atoms with Crippen LogP contribution in [0.5, 0.6) is 5.75 Å². The Morgan fingerprint density at radius 1 is 1.00 bits per heavy atom. The number of anilines is 1. The molecule has 0 aromatic heterocycles. The smallest absolute Gasteiger partial charge is 0.416 e. The van der Waals surface area contributed by atoms with E-state index in [2.05, 4.69) is 5.32 Å². The molecule has 0 bridgehead atoms. The maximum absolute atomic E-state index is 13.0. The van der Waals surface area contributed by atoms with Gasteiger partial charge in [0, 0.05) is 25.3 Å². The first kappa shape index (κ1) is 24.1. The lowest BCUT2D eigenvalue weighted by Gasteiger charge is -2.33. The first-order valence-electron chi connectivity index (χ1n) is 11.5. The van der Waals surface area contributed by atoms with Gasteiger partial charge in [-0.05, 0) is 67.6 Å². The maximum atomic E-state index is 13.0. The van der Waals surface area contributed by atoms with Crippen molar-refractivity contribution in [1.29, 1.82) is 0 Å². The topological polar surface area (TPSA) is 72.9 Å². The van der Waals surface area contributed by atoms with E-state index in [1.54, 1.807) is 23.1 Å². The van der Waals surface area contributed by atoms with E-state index in [0.717, 1.165) is 6.07 Å². The molecule has 2 aliphatic heterocycles. The molecule has 2 aromatic rings. The van der Waals surface area contributed by atoms with Gasteiger partial charge < -0.3 is 15.3 Å². The van der Waals surface area contributed by atoms with Crippen molar-refractivity contribution in [2.24, 2.45) is 5.92 Å². The fourth-order valence-corrected chi connectivity index (χ4v) is 4.70. The van der Waals surface area contributed by atoms with Crippen LogP contribution in [-0.4, -0.2) is 59.4 Å². The molecule has 2 amide bonds. The number of benzene rings is 2. The minimum absolute atomic E-state index is 0.00566. The van der Waals surface area contributed by atoms with E-state index in [4.69, 9.17) is 0 Å². The fraction of sp³-hybridized carbons (Fsp3) is 0.440. The van der Waals surface area contributed by atoms with Crippen LogP contribution >= 0.6 is 0 Å². The van der Waals surface area contributed by atoms with Crippen molar-refractivity contribution in [3.8, 4) is 5.75 Å². The van der Waals surface area contributed by atoms with Gasteiger partial charge >= 0.3 is 6.18 Å². The number of carbonyl (C=O) groups excluding carboxylic acids is 2. The second-order valence-corrected chi connectivity index (χ2v) is 9.04. The molecule has 1 unspecified atom stereocenters. The molecule has 2 fully saturated rings. The van der Waals surface area contributed by atoms with Gasteiger partial charge in [-0.2, -0.15) is 13.2 Å². The molecule has 1 atom stereocenters. The van der Waals surface area contributed by atoms with Crippen LogP contribution in [0.2, 0.25) is 0 Å². The normalized spacial score (nSPS) is 19.9. The molecule has 2 saturated heterocycles. The lowest BCUT2D eigenvalue weighted by Crippen LogP contribution is -2.43. The number of aromatic hydroxyl groups is 1. The largest absolute Gasteiger partial charge is 0.508 e. The van der Waals surface area contributed by atoms with Crippen molar-refractivity contribution in [2.45, 2.75) is 31.4 Å². The first-order chi connectivity index (χ1) is 16.2. The lowest BCUT2D eigenvalue weighted by atomic mass is 9.88. The van der Waals surface area contributed by atoms with Crippen LogP contribution in [0.4, 0.5) is 18.9 Å². The van der Waals surface area contributed by atoms with Crippen molar-refractivity contribution in [2.75, 3.05) is 38.0 Å². The van der Waals surface area contributed by atoms with E-state index in [1.807, 2.05) is 4.90 Å². The molecule has 2 N–H and O–H groups in total. The third-order valence-electron chi connectivity index (χ3n) is 6.67. The highest BCUT2D eigenvalue weighted by Crippen LogP contribution is 2.34. The Kier molecular flexibility index (Phi) is 7.11. The number of halogens is 3. The number of carbonyl (C=O) groups is 2. The maximum Gasteiger partial charge on any atom is 0.416 e. The number of phenolic OH excluding ortho intramolecular Hbond substituents is 1. The molecule has 9 heteroatoms. The van der Waals surface area contributed by atoms with Crippen molar-refractivity contribution >= 4 is 17.5 Å². The van der Waals surface area contributed by atoms with E-state index < -0.39 is 11.7 Å². The van der Waals surface area contributed by atoms with Gasteiger partial charge in [-0.1, -0.05) is 18.2 Å². The number of amides is 2. The minimum atomic E-state index is -4.36. The Hall–Kier alpha value is -3.07. The average molecular weight is 476 g/mol. The highest BCUT2D eigenvalue weighted by molar-refractivity contribution is 5.93. The number of rotatable bonds is 5. The molecule has 2 heterocycles. The van der Waals surface area contributed by atoms with Crippen molar-refractivity contribution in [3.63, 3.8) is 0 Å². The van der Waals surface area contributed by atoms with Gasteiger partial charge in [0.05, 0.1) is 18.0 Å². The van der Waals surface area contributed by atoms with E-state index in [1.165, 1.54) is 24.3 Å². The molecule has 2 aliphatic rings. The number of hydrogen-bond donors (Lipinski definition) is 2. The zero-order valence-electron chi connectivity index (χ0n) is 18.7. The molecule has 2 aromatic carbocycles. The van der Waals surface area contributed by atoms with Crippen molar-refractivity contribution in [3.05, 3.63) is 59.7 Å². The average Bonchev–Trinajstić information content (AvgIpc) is 3.29. The molecule has 4 rings (SSSR count). The van der Waals surface area contributed by atoms with E-state index in [0.29, 0.717) is 56.7 Å². The number of likely N-dealkylation sites (tertiary alicyclic amines) is 2. The third-order valence-corrected chi connectivity index (χ3v) is 6.67. The van der Waals surface area contributed by atoms with E-state index >= 15 is 0 Å². The zero-order chi connectivity index (χ0) is 24.3. The third kappa shape index (κ3) is 5.88. The highest BCUT2D eigenvalue weighted by Gasteiger charge is 2.33. The summed E-state index contributed by atoms with van der Waals surface area (Å²) in [7, 11) is 0. The van der Waals surface area contributed by atoms with Crippen molar-refractivity contribution < 1.29 is 27.9 Å². The summed E-state index contributed by atoms with van der Waals surface area (Å²) < 4.78 is 39.0. The molecule has 182 valence electrons. The lowest BCUT2D eigenvalue weighted by molar-refractivity contribution is -0.137. The summed E-state index contributed by atoms with van der Waals surface area (Å²) >= 11 is 0. The molecule has 0 spiro atoms. The predicted octanol–water partition coefficient (Wildman–Crippen LogP) is 4.08. The summed E-state index contributed by atoms with van der Waals surface area (Å²) in [5.74, 6) is -0.202. The van der Waals surface area contributed by atoms with E-state index in [9.17, 15) is 27.9 Å². The fourth-order valence-electron chi connectivity index (χ4n) is 4.70. The summed E-state index contributed by atoms with van der Waals surface area (Å²) in [6.45, 7) is 2.41. The summed E-state index contributed by atoms with van der Waals surface area (Å²) in [6.07, 6.45) is -2.44. The molecular formula is C25H28F3N3O3. The molecule has 0 radical (unpaired) electrons. The SMILES string of the molecule is O=C(Nc1ccc(O)cc1)C1CCN(CC(=O)N2CCC(c3cccc(C(F)(F)F)c3)CC2)C1. The van der Waals surface area contributed by atoms with Gasteiger partial charge in [0.25, 0.3) is 0 Å². The molecule has 0 aliphatic carbocycles. The number of hydrogen-bond acceptors (Lipinski definition) is 4. The molecule has 34 heavy (non-hydrogen) atoms. The zero-order valence-corrected chi connectivity index (χ0v) is 18.7. The van der Waals surface area contributed by atoms with Crippen molar-refractivity contribution in [1.82, 2.24) is 9.80 Å². The Balaban J connectivity index is 1.24. The van der Waals surface area contributed by atoms with Crippen LogP contribution in [0.25, 0.3) is 0 Å². The Labute approximate surface area is 196 Å². The second kappa shape index (κ2) is 10.0. The quantitative estimate of drug-likeness (QED) is 0.640. The number of nitrogens with one attached hydrogen (secondary N) is 1. The Morgan fingerprint density at radius 3 is 2.38 bits per heavy atom. The summed E-state index contributed by atoms with van der Waals surface area (Å²) in [4.78, 5) is 29.1. The minimum Gasteiger partial charge on any atom is -0.508 e. The predicted molar refractivity (Wildman–Crippen MR) is 121 cm³/mol. The monoisotopic (exact) mass is 475 g/mol. The van der Waals surface area contributed by atoms with Gasteiger partial charge in [0.15, 0.2) is 0 Å². The first-order valence-corrected chi connectivity index (χ1v) is 11.5. The second-order valence-electron chi connectivity index (χ2n) is 9.04. The van der Waals surface area contributed by atoms with Gasteiger partial charge in [-0.25, -0.2) is 0 Å². The van der Waals surface area contributed by atoms with Crippen LogP contribution in [-0.2, 0) is 15.8 Å². The number of nitrogens with zero attached hydrogens (tertiary/aromatic N) is 2. The van der Waals surface area contributed by atoms with E-state index in [-0.39, 0.29) is 35.9 Å². The summed E-state index contributed by atoms with van der Waals surface area (Å²) in [5.41, 5.74) is 0.645. The van der Waals surface area contributed by atoms with Gasteiger partial charge in [0.1, 0.15) is 5.75 Å². The van der Waals surface area contributed by atoms with Gasteiger partial charge in [-0.3, -0.25) is 14.5 Å². The van der Waals surface area contributed by atoms with Crippen LogP contribution in [0.15, 0.2) is 48.5 Å². The Morgan fingerprint density at radius 2 is 1.71 bits per heavy atom.